The first-order valence-electron chi connectivity index (χ1n) is 10.8. The maximum absolute atomic E-state index is 9.43. The molecule has 1 aromatic rings. The van der Waals surface area contributed by atoms with Crippen molar-refractivity contribution < 1.29 is 20.0 Å². The molecule has 0 aliphatic heterocycles. The van der Waals surface area contributed by atoms with Crippen LogP contribution in [0.2, 0.25) is 0 Å². The summed E-state index contributed by atoms with van der Waals surface area (Å²) >= 11 is 0. The normalized spacial score (nSPS) is 15.1. The van der Waals surface area contributed by atoms with Crippen LogP contribution in [0, 0.1) is 22.7 Å². The topological polar surface area (TPSA) is 131 Å². The third kappa shape index (κ3) is 13.7. The Morgan fingerprint density at radius 3 is 1.33 bits per heavy atom. The monoisotopic (exact) mass is 462 g/mol. The van der Waals surface area contributed by atoms with E-state index >= 15 is 0 Å². The van der Waals surface area contributed by atoms with Crippen LogP contribution in [0.3, 0.4) is 0 Å². The van der Waals surface area contributed by atoms with Crippen molar-refractivity contribution in [2.45, 2.75) is 96.4 Å². The van der Waals surface area contributed by atoms with Gasteiger partial charge in [-0.25, -0.2) is 0 Å². The predicted molar refractivity (Wildman–Crippen MR) is 130 cm³/mol. The summed E-state index contributed by atoms with van der Waals surface area (Å²) in [4.78, 5) is 0. The smallest absolute Gasteiger partial charge is 0.167 e. The van der Waals surface area contributed by atoms with Gasteiger partial charge in [0.25, 0.3) is 0 Å². The van der Waals surface area contributed by atoms with E-state index in [-0.39, 0.29) is 0 Å². The van der Waals surface area contributed by atoms with Gasteiger partial charge in [0.2, 0.25) is 0 Å². The Morgan fingerprint density at radius 2 is 1.12 bits per heavy atom. The minimum atomic E-state index is -1.05. The SMILES string of the molecule is CC(C)c1ccccc1.COC(C)(C)CC(C)(C#N)N=NC(C)(C#N)CC(C)(C)OC.OO. The number of azo groups is 1. The molecule has 8 heteroatoms. The molecule has 1 aromatic carbocycles. The molecule has 2 unspecified atom stereocenters. The van der Waals surface area contributed by atoms with E-state index in [0.29, 0.717) is 18.8 Å². The molecule has 0 aliphatic rings. The molecular weight excluding hydrogens is 420 g/mol. The van der Waals surface area contributed by atoms with Crippen LogP contribution in [0.15, 0.2) is 40.6 Å². The van der Waals surface area contributed by atoms with Crippen molar-refractivity contribution in [2.24, 2.45) is 10.2 Å². The molecular formula is C25H42N4O4. The molecule has 0 heterocycles. The molecule has 0 radical (unpaired) electrons. The van der Waals surface area contributed by atoms with Gasteiger partial charge in [-0.2, -0.15) is 20.8 Å². The average Bonchev–Trinajstić information content (AvgIpc) is 2.79. The van der Waals surface area contributed by atoms with Crippen molar-refractivity contribution in [1.82, 2.24) is 0 Å². The lowest BCUT2D eigenvalue weighted by Crippen LogP contribution is -2.37. The Bertz CT molecular complexity index is 738. The van der Waals surface area contributed by atoms with Gasteiger partial charge in [0.05, 0.1) is 23.3 Å². The van der Waals surface area contributed by atoms with Crippen molar-refractivity contribution in [3.8, 4) is 12.1 Å². The lowest BCUT2D eigenvalue weighted by molar-refractivity contribution is -0.176. The van der Waals surface area contributed by atoms with Gasteiger partial charge in [-0.1, -0.05) is 44.2 Å². The minimum Gasteiger partial charge on any atom is -0.379 e. The van der Waals surface area contributed by atoms with Crippen molar-refractivity contribution >= 4 is 0 Å². The molecule has 1 rings (SSSR count). The second-order valence-electron chi connectivity index (χ2n) is 9.82. The van der Waals surface area contributed by atoms with Gasteiger partial charge in [-0.3, -0.25) is 10.5 Å². The molecule has 186 valence electrons. The van der Waals surface area contributed by atoms with Crippen LogP contribution in [0.25, 0.3) is 0 Å². The van der Waals surface area contributed by atoms with Gasteiger partial charge >= 0.3 is 0 Å². The zero-order valence-corrected chi connectivity index (χ0v) is 21.9. The summed E-state index contributed by atoms with van der Waals surface area (Å²) in [5, 5.41) is 39.2. The highest BCUT2D eigenvalue weighted by molar-refractivity contribution is 5.17. The van der Waals surface area contributed by atoms with E-state index < -0.39 is 22.3 Å². The number of methoxy groups -OCH3 is 2. The molecule has 0 spiro atoms. The largest absolute Gasteiger partial charge is 0.379 e. The van der Waals surface area contributed by atoms with Crippen LogP contribution < -0.4 is 0 Å². The molecule has 0 saturated carbocycles. The first-order chi connectivity index (χ1) is 15.2. The molecule has 0 bridgehead atoms. The number of nitriles is 2. The van der Waals surface area contributed by atoms with E-state index in [1.807, 2.05) is 33.8 Å². The van der Waals surface area contributed by atoms with Gasteiger partial charge in [0.1, 0.15) is 0 Å². The van der Waals surface area contributed by atoms with Crippen LogP contribution in [0.5, 0.6) is 0 Å². The predicted octanol–water partition coefficient (Wildman–Crippen LogP) is 6.46. The van der Waals surface area contributed by atoms with E-state index in [9.17, 15) is 10.5 Å². The minimum absolute atomic E-state index is 0.381. The van der Waals surface area contributed by atoms with Crippen molar-refractivity contribution in [3.63, 3.8) is 0 Å². The molecule has 0 fully saturated rings. The highest BCUT2D eigenvalue weighted by Gasteiger charge is 2.37. The van der Waals surface area contributed by atoms with Crippen LogP contribution in [-0.2, 0) is 9.47 Å². The Hall–Kier alpha value is -2.36. The summed E-state index contributed by atoms with van der Waals surface area (Å²) in [6.07, 6.45) is 0.761. The summed E-state index contributed by atoms with van der Waals surface area (Å²) in [6.45, 7) is 15.3. The van der Waals surface area contributed by atoms with E-state index in [0.717, 1.165) is 0 Å². The van der Waals surface area contributed by atoms with Crippen LogP contribution in [0.4, 0.5) is 0 Å². The van der Waals surface area contributed by atoms with E-state index in [1.54, 1.807) is 28.1 Å². The van der Waals surface area contributed by atoms with Gasteiger partial charge in [0.15, 0.2) is 11.1 Å². The number of hydrogen-bond donors (Lipinski definition) is 2. The van der Waals surface area contributed by atoms with Crippen molar-refractivity contribution in [1.29, 1.82) is 10.5 Å². The summed E-state index contributed by atoms with van der Waals surface area (Å²) in [6, 6.07) is 14.8. The lowest BCUT2D eigenvalue weighted by Gasteiger charge is -2.31. The van der Waals surface area contributed by atoms with Crippen molar-refractivity contribution in [2.75, 3.05) is 14.2 Å². The van der Waals surface area contributed by atoms with Gasteiger partial charge in [-0.15, -0.1) is 0 Å². The van der Waals surface area contributed by atoms with Gasteiger partial charge in [0, 0.05) is 27.1 Å². The summed E-state index contributed by atoms with van der Waals surface area (Å²) in [5.41, 5.74) is -1.68. The highest BCUT2D eigenvalue weighted by Crippen LogP contribution is 2.30. The Morgan fingerprint density at radius 1 is 0.788 bits per heavy atom. The standard InChI is InChI=1S/C16H28N4O2.C9H12.H2O2/c1-13(2,21-7)9-15(5,11-17)19-20-16(6,12-18)10-14(3,4)22-8;1-8(2)9-6-4-3-5-7-9;1-2/h9-10H2,1-8H3;3-8H,1-2H3;1-2H. The van der Waals surface area contributed by atoms with Crippen LogP contribution >= 0.6 is 0 Å². The first kappa shape index (κ1) is 32.8. The lowest BCUT2D eigenvalue weighted by atomic mass is 9.88. The molecule has 33 heavy (non-hydrogen) atoms. The molecule has 2 N–H and O–H groups in total. The van der Waals surface area contributed by atoms with Gasteiger partial charge in [-0.05, 0) is 53.0 Å². The fourth-order valence-corrected chi connectivity index (χ4v) is 3.06. The number of rotatable bonds is 9. The third-order valence-electron chi connectivity index (χ3n) is 5.08. The Balaban J connectivity index is 0. The summed E-state index contributed by atoms with van der Waals surface area (Å²) in [7, 11) is 3.19. The quantitative estimate of drug-likeness (QED) is 0.246. The number of benzene rings is 1. The number of ether oxygens (including phenoxy) is 2. The van der Waals surface area contributed by atoms with E-state index in [2.05, 4.69) is 60.5 Å². The van der Waals surface area contributed by atoms with Crippen molar-refractivity contribution in [3.05, 3.63) is 35.9 Å². The Labute approximate surface area is 199 Å². The zero-order valence-electron chi connectivity index (χ0n) is 21.9. The Kier molecular flexibility index (Phi) is 14.6. The summed E-state index contributed by atoms with van der Waals surface area (Å²) in [5.74, 6) is 0.659. The third-order valence-corrected chi connectivity index (χ3v) is 5.08. The summed E-state index contributed by atoms with van der Waals surface area (Å²) < 4.78 is 10.7. The molecule has 2 atom stereocenters. The van der Waals surface area contributed by atoms with E-state index in [4.69, 9.17) is 20.0 Å². The first-order valence-corrected chi connectivity index (χ1v) is 10.8. The molecule has 0 amide bonds. The fraction of sp³-hybridized carbons (Fsp3) is 0.680. The average molecular weight is 463 g/mol. The maximum atomic E-state index is 9.43. The van der Waals surface area contributed by atoms with Crippen LogP contribution in [0.1, 0.15) is 79.7 Å². The highest BCUT2D eigenvalue weighted by atomic mass is 17.0. The van der Waals surface area contributed by atoms with Crippen LogP contribution in [-0.4, -0.2) is 47.0 Å². The molecule has 8 nitrogen and oxygen atoms in total. The number of hydrogen-bond acceptors (Lipinski definition) is 8. The number of nitrogens with zero attached hydrogens (tertiary/aromatic N) is 4. The maximum Gasteiger partial charge on any atom is 0.167 e. The molecule has 0 aliphatic carbocycles. The molecule has 0 aromatic heterocycles. The fourth-order valence-electron chi connectivity index (χ4n) is 3.06. The second kappa shape index (κ2) is 14.7. The zero-order chi connectivity index (χ0) is 26.3. The molecule has 0 saturated heterocycles. The van der Waals surface area contributed by atoms with Gasteiger partial charge < -0.3 is 9.47 Å². The van der Waals surface area contributed by atoms with E-state index in [1.165, 1.54) is 5.56 Å². The second-order valence-corrected chi connectivity index (χ2v) is 9.82.